The van der Waals surface area contributed by atoms with Crippen molar-refractivity contribution in [1.82, 2.24) is 9.21 Å². The molecule has 0 saturated carbocycles. The number of hydrogen-bond acceptors (Lipinski definition) is 6. The number of hydrogen-bond donors (Lipinski definition) is 0. The number of nitrogens with zero attached hydrogens (tertiary/aromatic N) is 3. The van der Waals surface area contributed by atoms with Gasteiger partial charge in [-0.05, 0) is 37.5 Å². The summed E-state index contributed by atoms with van der Waals surface area (Å²) in [5.74, 6) is -0.508. The van der Waals surface area contributed by atoms with Gasteiger partial charge < -0.3 is 9.64 Å². The summed E-state index contributed by atoms with van der Waals surface area (Å²) < 4.78 is 32.1. The molecule has 31 heavy (non-hydrogen) atoms. The Labute approximate surface area is 181 Å². The van der Waals surface area contributed by atoms with E-state index in [2.05, 4.69) is 0 Å². The van der Waals surface area contributed by atoms with Gasteiger partial charge in [0.1, 0.15) is 0 Å². The number of nitro benzene ring substituents is 1. The molecule has 166 valence electrons. The highest BCUT2D eigenvalue weighted by molar-refractivity contribution is 7.89. The molecule has 10 heteroatoms. The van der Waals surface area contributed by atoms with Gasteiger partial charge in [-0.15, -0.1) is 0 Å². The summed E-state index contributed by atoms with van der Waals surface area (Å²) in [6, 6.07) is 11.2. The summed E-state index contributed by atoms with van der Waals surface area (Å²) in [7, 11) is -2.18. The van der Waals surface area contributed by atoms with E-state index >= 15 is 0 Å². The van der Waals surface area contributed by atoms with Crippen LogP contribution in [0, 0.1) is 17.0 Å². The van der Waals surface area contributed by atoms with Crippen LogP contribution in [0.25, 0.3) is 0 Å². The van der Waals surface area contributed by atoms with Gasteiger partial charge in [0.15, 0.2) is 12.4 Å². The van der Waals surface area contributed by atoms with E-state index in [9.17, 15) is 23.3 Å². The number of nitro groups is 1. The molecular formula is C21H25N3O6S. The number of aryl methyl sites for hydroxylation is 1. The van der Waals surface area contributed by atoms with E-state index in [4.69, 9.17) is 4.74 Å². The van der Waals surface area contributed by atoms with Crippen LogP contribution in [0.4, 0.5) is 5.69 Å². The maximum absolute atomic E-state index is 12.7. The molecule has 1 fully saturated rings. The first-order valence-electron chi connectivity index (χ1n) is 9.89. The Bertz CT molecular complexity index is 1060. The van der Waals surface area contributed by atoms with E-state index < -0.39 is 27.2 Å². The number of likely N-dealkylation sites (N-methyl/N-ethyl adjacent to an activating group) is 1. The van der Waals surface area contributed by atoms with Gasteiger partial charge in [0.2, 0.25) is 10.0 Å². The second kappa shape index (κ2) is 9.44. The number of carbonyl (C=O) groups excluding carboxylic acids is 1. The lowest BCUT2D eigenvalue weighted by atomic mass is 10.1. The number of rotatable bonds is 8. The second-order valence-corrected chi connectivity index (χ2v) is 9.46. The molecule has 0 N–H and O–H groups in total. The largest absolute Gasteiger partial charge is 0.477 e. The van der Waals surface area contributed by atoms with Crippen LogP contribution in [-0.4, -0.2) is 55.2 Å². The Morgan fingerprint density at radius 3 is 2.42 bits per heavy atom. The van der Waals surface area contributed by atoms with Gasteiger partial charge in [0.25, 0.3) is 5.91 Å². The normalized spacial score (nSPS) is 14.4. The zero-order valence-electron chi connectivity index (χ0n) is 17.5. The van der Waals surface area contributed by atoms with E-state index in [1.54, 1.807) is 7.05 Å². The third kappa shape index (κ3) is 5.39. The molecule has 1 saturated heterocycles. The first-order valence-corrected chi connectivity index (χ1v) is 11.3. The van der Waals surface area contributed by atoms with E-state index in [0.29, 0.717) is 19.6 Å². The average molecular weight is 448 g/mol. The van der Waals surface area contributed by atoms with Gasteiger partial charge >= 0.3 is 5.69 Å². The van der Waals surface area contributed by atoms with Crippen LogP contribution in [0.15, 0.2) is 47.4 Å². The van der Waals surface area contributed by atoms with E-state index in [-0.39, 0.29) is 16.6 Å². The van der Waals surface area contributed by atoms with Crippen molar-refractivity contribution < 1.29 is 22.9 Å². The summed E-state index contributed by atoms with van der Waals surface area (Å²) >= 11 is 0. The number of benzene rings is 2. The number of amides is 1. The average Bonchev–Trinajstić information content (AvgIpc) is 3.29. The number of ether oxygens (including phenoxy) is 1. The monoisotopic (exact) mass is 447 g/mol. The Balaban J connectivity index is 1.70. The first kappa shape index (κ1) is 22.7. The van der Waals surface area contributed by atoms with Crippen molar-refractivity contribution in [1.29, 1.82) is 0 Å². The van der Waals surface area contributed by atoms with Crippen LogP contribution in [0.2, 0.25) is 0 Å². The first-order chi connectivity index (χ1) is 14.7. The van der Waals surface area contributed by atoms with Gasteiger partial charge in [-0.25, -0.2) is 8.42 Å². The molecule has 1 aliphatic rings. The molecule has 0 unspecified atom stereocenters. The fourth-order valence-electron chi connectivity index (χ4n) is 3.31. The molecule has 1 heterocycles. The Morgan fingerprint density at radius 1 is 1.16 bits per heavy atom. The predicted molar refractivity (Wildman–Crippen MR) is 114 cm³/mol. The van der Waals surface area contributed by atoms with Gasteiger partial charge in [-0.3, -0.25) is 14.9 Å². The van der Waals surface area contributed by atoms with Crippen LogP contribution < -0.4 is 4.74 Å². The lowest BCUT2D eigenvalue weighted by Gasteiger charge is -2.18. The standard InChI is InChI=1S/C21H25N3O6S/c1-16-5-7-17(8-6-16)14-22(2)21(25)15-30-20-10-9-18(13-19(20)24(26)27)31(28,29)23-11-3-4-12-23/h5-10,13H,3-4,11-12,14-15H2,1-2H3. The highest BCUT2D eigenvalue weighted by Crippen LogP contribution is 2.31. The van der Waals surface area contributed by atoms with Crippen molar-refractivity contribution in [2.24, 2.45) is 0 Å². The van der Waals surface area contributed by atoms with Gasteiger partial charge in [-0.2, -0.15) is 4.31 Å². The molecular weight excluding hydrogens is 422 g/mol. The molecule has 1 aliphatic heterocycles. The molecule has 0 radical (unpaired) electrons. The van der Waals surface area contributed by atoms with Crippen molar-refractivity contribution in [2.75, 3.05) is 26.7 Å². The molecule has 0 aromatic heterocycles. The second-order valence-electron chi connectivity index (χ2n) is 7.52. The minimum Gasteiger partial charge on any atom is -0.477 e. The summed E-state index contributed by atoms with van der Waals surface area (Å²) in [5, 5.41) is 11.5. The summed E-state index contributed by atoms with van der Waals surface area (Å²) in [4.78, 5) is 24.5. The molecule has 0 aliphatic carbocycles. The van der Waals surface area contributed by atoms with Crippen LogP contribution >= 0.6 is 0 Å². The molecule has 3 rings (SSSR count). The third-order valence-corrected chi connectivity index (χ3v) is 7.04. The maximum atomic E-state index is 12.7. The lowest BCUT2D eigenvalue weighted by molar-refractivity contribution is -0.386. The van der Waals surface area contributed by atoms with Crippen molar-refractivity contribution in [2.45, 2.75) is 31.2 Å². The Kier molecular flexibility index (Phi) is 6.91. The van der Waals surface area contributed by atoms with Gasteiger partial charge in [-0.1, -0.05) is 29.8 Å². The molecule has 2 aromatic rings. The topological polar surface area (TPSA) is 110 Å². The predicted octanol–water partition coefficient (Wildman–Crippen LogP) is 2.73. The summed E-state index contributed by atoms with van der Waals surface area (Å²) in [6.45, 7) is 2.74. The zero-order valence-corrected chi connectivity index (χ0v) is 18.3. The quantitative estimate of drug-likeness (QED) is 0.455. The third-order valence-electron chi connectivity index (χ3n) is 5.15. The van der Waals surface area contributed by atoms with E-state index in [0.717, 1.165) is 30.0 Å². The Hall–Kier alpha value is -2.98. The van der Waals surface area contributed by atoms with Crippen molar-refractivity contribution in [3.05, 3.63) is 63.7 Å². The van der Waals surface area contributed by atoms with Crippen LogP contribution in [-0.2, 0) is 21.4 Å². The molecule has 0 bridgehead atoms. The highest BCUT2D eigenvalue weighted by Gasteiger charge is 2.30. The van der Waals surface area contributed by atoms with Crippen LogP contribution in [0.1, 0.15) is 24.0 Å². The lowest BCUT2D eigenvalue weighted by Crippen LogP contribution is -2.31. The zero-order chi connectivity index (χ0) is 22.6. The molecule has 0 spiro atoms. The van der Waals surface area contributed by atoms with E-state index in [1.807, 2.05) is 31.2 Å². The molecule has 1 amide bonds. The highest BCUT2D eigenvalue weighted by atomic mass is 32.2. The van der Waals surface area contributed by atoms with Crippen molar-refractivity contribution in [3.63, 3.8) is 0 Å². The maximum Gasteiger partial charge on any atom is 0.312 e. The molecule has 0 atom stereocenters. The van der Waals surface area contributed by atoms with Gasteiger partial charge in [0, 0.05) is 32.7 Å². The van der Waals surface area contributed by atoms with Crippen LogP contribution in [0.3, 0.4) is 0 Å². The number of carbonyl (C=O) groups is 1. The molecule has 2 aromatic carbocycles. The molecule has 9 nitrogen and oxygen atoms in total. The fourth-order valence-corrected chi connectivity index (χ4v) is 4.84. The van der Waals surface area contributed by atoms with E-state index in [1.165, 1.54) is 21.3 Å². The Morgan fingerprint density at radius 2 is 1.81 bits per heavy atom. The number of sulfonamides is 1. The smallest absolute Gasteiger partial charge is 0.312 e. The summed E-state index contributed by atoms with van der Waals surface area (Å²) in [5.41, 5.74) is 1.57. The summed E-state index contributed by atoms with van der Waals surface area (Å²) in [6.07, 6.45) is 1.53. The minimum atomic E-state index is -3.80. The van der Waals surface area contributed by atoms with Gasteiger partial charge in [0.05, 0.1) is 9.82 Å². The van der Waals surface area contributed by atoms with Crippen LogP contribution in [0.5, 0.6) is 5.75 Å². The fraction of sp³-hybridized carbons (Fsp3) is 0.381. The van der Waals surface area contributed by atoms with Crippen molar-refractivity contribution >= 4 is 21.6 Å². The minimum absolute atomic E-state index is 0.151. The SMILES string of the molecule is Cc1ccc(CN(C)C(=O)COc2ccc(S(=O)(=O)N3CCCC3)cc2[N+](=O)[O-])cc1. The van der Waals surface area contributed by atoms with Crippen molar-refractivity contribution in [3.8, 4) is 5.75 Å².